The molecule has 1 atom stereocenters. The van der Waals surface area contributed by atoms with Gasteiger partial charge in [0, 0.05) is 24.2 Å². The number of hydrogen-bond donors (Lipinski definition) is 0. The third-order valence-electron chi connectivity index (χ3n) is 4.14. The summed E-state index contributed by atoms with van der Waals surface area (Å²) >= 11 is 0. The van der Waals surface area contributed by atoms with Crippen molar-refractivity contribution in [2.45, 2.75) is 32.4 Å². The summed E-state index contributed by atoms with van der Waals surface area (Å²) < 4.78 is 0. The van der Waals surface area contributed by atoms with Crippen molar-refractivity contribution in [3.63, 3.8) is 0 Å². The van der Waals surface area contributed by atoms with Gasteiger partial charge < -0.3 is 0 Å². The lowest BCUT2D eigenvalue weighted by Gasteiger charge is -2.25. The lowest BCUT2D eigenvalue weighted by Crippen LogP contribution is -2.30. The van der Waals surface area contributed by atoms with Crippen molar-refractivity contribution in [1.29, 1.82) is 0 Å². The van der Waals surface area contributed by atoms with Crippen LogP contribution in [0.1, 0.15) is 25.3 Å². The molecular weight excluding hydrogens is 220 g/mol. The van der Waals surface area contributed by atoms with Gasteiger partial charge in [0.05, 0.1) is 5.52 Å². The van der Waals surface area contributed by atoms with Crippen LogP contribution in [0.15, 0.2) is 36.5 Å². The fraction of sp³-hybridized carbons (Fsp3) is 0.438. The van der Waals surface area contributed by atoms with Crippen LogP contribution in [0.4, 0.5) is 0 Å². The molecule has 1 aliphatic carbocycles. The molecule has 0 spiro atoms. The third-order valence-corrected chi connectivity index (χ3v) is 4.14. The van der Waals surface area contributed by atoms with Crippen LogP contribution in [0.2, 0.25) is 0 Å². The van der Waals surface area contributed by atoms with Crippen molar-refractivity contribution in [3.8, 4) is 0 Å². The minimum absolute atomic E-state index is 0.684. The molecule has 1 fully saturated rings. The molecule has 1 aromatic carbocycles. The van der Waals surface area contributed by atoms with E-state index in [-0.39, 0.29) is 0 Å². The molecule has 1 unspecified atom stereocenters. The predicted molar refractivity (Wildman–Crippen MR) is 75.4 cm³/mol. The highest BCUT2D eigenvalue weighted by Crippen LogP contribution is 2.35. The van der Waals surface area contributed by atoms with E-state index in [1.165, 1.54) is 23.8 Å². The maximum Gasteiger partial charge on any atom is 0.0746 e. The number of aromatic nitrogens is 1. The zero-order valence-corrected chi connectivity index (χ0v) is 11.1. The second-order valence-corrected chi connectivity index (χ2v) is 5.49. The first kappa shape index (κ1) is 11.7. The summed E-state index contributed by atoms with van der Waals surface area (Å²) in [5.41, 5.74) is 2.48. The molecule has 94 valence electrons. The summed E-state index contributed by atoms with van der Waals surface area (Å²) in [5.74, 6) is 0.915. The SMILES string of the molecule is CC(C1CC1)N(C)Cc1cccc2cccnc12. The summed E-state index contributed by atoms with van der Waals surface area (Å²) in [6.07, 6.45) is 4.69. The lowest BCUT2D eigenvalue weighted by molar-refractivity contribution is 0.227. The highest BCUT2D eigenvalue weighted by atomic mass is 15.1. The molecule has 0 bridgehead atoms. The van der Waals surface area contributed by atoms with Crippen LogP contribution in [0.5, 0.6) is 0 Å². The maximum atomic E-state index is 4.53. The first-order chi connectivity index (χ1) is 8.75. The van der Waals surface area contributed by atoms with Gasteiger partial charge in [-0.3, -0.25) is 9.88 Å². The number of pyridine rings is 1. The van der Waals surface area contributed by atoms with Crippen molar-refractivity contribution < 1.29 is 0 Å². The molecule has 0 radical (unpaired) electrons. The fourth-order valence-electron chi connectivity index (χ4n) is 2.65. The van der Waals surface area contributed by atoms with E-state index in [0.717, 1.165) is 18.0 Å². The average Bonchev–Trinajstić information content (AvgIpc) is 3.22. The molecule has 2 heteroatoms. The molecule has 1 aliphatic rings. The summed E-state index contributed by atoms with van der Waals surface area (Å²) in [6, 6.07) is 11.3. The van der Waals surface area contributed by atoms with Crippen LogP contribution >= 0.6 is 0 Å². The third kappa shape index (κ3) is 2.25. The van der Waals surface area contributed by atoms with E-state index in [2.05, 4.69) is 48.1 Å². The zero-order chi connectivity index (χ0) is 12.5. The van der Waals surface area contributed by atoms with Gasteiger partial charge in [0.25, 0.3) is 0 Å². The van der Waals surface area contributed by atoms with Crippen LogP contribution < -0.4 is 0 Å². The monoisotopic (exact) mass is 240 g/mol. The van der Waals surface area contributed by atoms with Crippen molar-refractivity contribution in [2.24, 2.45) is 5.92 Å². The van der Waals surface area contributed by atoms with Crippen molar-refractivity contribution in [1.82, 2.24) is 9.88 Å². The van der Waals surface area contributed by atoms with E-state index in [1.54, 1.807) is 0 Å². The Balaban J connectivity index is 1.85. The molecule has 1 heterocycles. The van der Waals surface area contributed by atoms with Crippen molar-refractivity contribution in [2.75, 3.05) is 7.05 Å². The van der Waals surface area contributed by atoms with Crippen LogP contribution in [0.25, 0.3) is 10.9 Å². The number of fused-ring (bicyclic) bond motifs is 1. The molecule has 1 aromatic heterocycles. The van der Waals surface area contributed by atoms with Gasteiger partial charge in [0.1, 0.15) is 0 Å². The van der Waals surface area contributed by atoms with E-state index >= 15 is 0 Å². The van der Waals surface area contributed by atoms with Crippen LogP contribution in [-0.4, -0.2) is 23.0 Å². The Labute approximate surface area is 109 Å². The quantitative estimate of drug-likeness (QED) is 0.813. The summed E-state index contributed by atoms with van der Waals surface area (Å²) in [5, 5.41) is 1.24. The van der Waals surface area contributed by atoms with Gasteiger partial charge in [-0.05, 0) is 44.4 Å². The molecule has 3 rings (SSSR count). The topological polar surface area (TPSA) is 16.1 Å². The Morgan fingerprint density at radius 1 is 1.28 bits per heavy atom. The molecule has 0 amide bonds. The number of benzene rings is 1. The summed E-state index contributed by atoms with van der Waals surface area (Å²) in [7, 11) is 2.23. The highest BCUT2D eigenvalue weighted by molar-refractivity contribution is 5.81. The van der Waals surface area contributed by atoms with Gasteiger partial charge in [0.15, 0.2) is 0 Å². The minimum Gasteiger partial charge on any atom is -0.299 e. The molecule has 0 N–H and O–H groups in total. The molecule has 0 saturated heterocycles. The largest absolute Gasteiger partial charge is 0.299 e. The summed E-state index contributed by atoms with van der Waals surface area (Å²) in [4.78, 5) is 6.99. The Hall–Kier alpha value is -1.41. The van der Waals surface area contributed by atoms with E-state index in [9.17, 15) is 0 Å². The van der Waals surface area contributed by atoms with Gasteiger partial charge in [-0.1, -0.05) is 24.3 Å². The molecule has 18 heavy (non-hydrogen) atoms. The van der Waals surface area contributed by atoms with Crippen LogP contribution in [0, 0.1) is 5.92 Å². The van der Waals surface area contributed by atoms with Gasteiger partial charge in [-0.15, -0.1) is 0 Å². The van der Waals surface area contributed by atoms with Gasteiger partial charge in [-0.25, -0.2) is 0 Å². The molecule has 2 nitrogen and oxygen atoms in total. The number of para-hydroxylation sites is 1. The second kappa shape index (κ2) is 4.69. The standard InChI is InChI=1S/C16H20N2/c1-12(13-8-9-13)18(2)11-15-6-3-5-14-7-4-10-17-16(14)15/h3-7,10,12-13H,8-9,11H2,1-2H3. The van der Waals surface area contributed by atoms with Gasteiger partial charge in [-0.2, -0.15) is 0 Å². The number of rotatable bonds is 4. The van der Waals surface area contributed by atoms with E-state index in [0.29, 0.717) is 6.04 Å². The number of nitrogens with zero attached hydrogens (tertiary/aromatic N) is 2. The summed E-state index contributed by atoms with van der Waals surface area (Å²) in [6.45, 7) is 3.34. The smallest absolute Gasteiger partial charge is 0.0746 e. The predicted octanol–water partition coefficient (Wildman–Crippen LogP) is 3.47. The number of hydrogen-bond acceptors (Lipinski definition) is 2. The van der Waals surface area contributed by atoms with Crippen LogP contribution in [-0.2, 0) is 6.54 Å². The second-order valence-electron chi connectivity index (χ2n) is 5.49. The van der Waals surface area contributed by atoms with Crippen LogP contribution in [0.3, 0.4) is 0 Å². The normalized spacial score (nSPS) is 17.3. The Morgan fingerprint density at radius 3 is 2.83 bits per heavy atom. The minimum atomic E-state index is 0.684. The van der Waals surface area contributed by atoms with Gasteiger partial charge >= 0.3 is 0 Å². The van der Waals surface area contributed by atoms with E-state index < -0.39 is 0 Å². The van der Waals surface area contributed by atoms with Crippen molar-refractivity contribution in [3.05, 3.63) is 42.1 Å². The van der Waals surface area contributed by atoms with Gasteiger partial charge in [0.2, 0.25) is 0 Å². The molecule has 1 saturated carbocycles. The fourth-order valence-corrected chi connectivity index (χ4v) is 2.65. The lowest BCUT2D eigenvalue weighted by atomic mass is 10.1. The first-order valence-electron chi connectivity index (χ1n) is 6.78. The Bertz CT molecular complexity index is 540. The molecule has 2 aromatic rings. The average molecular weight is 240 g/mol. The first-order valence-corrected chi connectivity index (χ1v) is 6.78. The maximum absolute atomic E-state index is 4.53. The Kier molecular flexibility index (Phi) is 3.04. The Morgan fingerprint density at radius 2 is 2.06 bits per heavy atom. The molecular formula is C16H20N2. The van der Waals surface area contributed by atoms with Crippen molar-refractivity contribution >= 4 is 10.9 Å². The van der Waals surface area contributed by atoms with E-state index in [4.69, 9.17) is 0 Å². The zero-order valence-electron chi connectivity index (χ0n) is 11.1. The van der Waals surface area contributed by atoms with E-state index in [1.807, 2.05) is 12.3 Å². The molecule has 0 aliphatic heterocycles. The highest BCUT2D eigenvalue weighted by Gasteiger charge is 2.30.